The highest BCUT2D eigenvalue weighted by Gasteiger charge is 2.31. The van der Waals surface area contributed by atoms with E-state index in [4.69, 9.17) is 11.6 Å². The van der Waals surface area contributed by atoms with E-state index in [2.05, 4.69) is 10.5 Å². The largest absolute Gasteiger partial charge is 0.506 e. The minimum Gasteiger partial charge on any atom is -0.506 e. The Hall–Kier alpha value is -2.41. The van der Waals surface area contributed by atoms with Gasteiger partial charge in [0.1, 0.15) is 12.4 Å². The monoisotopic (exact) mass is 341 g/mol. The minimum absolute atomic E-state index is 0.00212. The maximum absolute atomic E-state index is 12.6. The third-order valence-electron chi connectivity index (χ3n) is 3.37. The summed E-state index contributed by atoms with van der Waals surface area (Å²) in [7, 11) is 0. The molecule has 0 aromatic heterocycles. The zero-order chi connectivity index (χ0) is 16.6. The van der Waals surface area contributed by atoms with Gasteiger partial charge < -0.3 is 10.0 Å². The van der Waals surface area contributed by atoms with E-state index < -0.39 is 11.7 Å². The van der Waals surface area contributed by atoms with Crippen LogP contribution in [-0.4, -0.2) is 17.6 Å². The average molecular weight is 342 g/mol. The Morgan fingerprint density at radius 1 is 1.13 bits per heavy atom. The summed E-state index contributed by atoms with van der Waals surface area (Å²) >= 11 is 5.94. The van der Waals surface area contributed by atoms with E-state index in [-0.39, 0.29) is 12.4 Å². The first-order valence-electron chi connectivity index (χ1n) is 6.60. The van der Waals surface area contributed by atoms with Crippen molar-refractivity contribution in [3.8, 4) is 5.75 Å². The number of anilines is 1. The Bertz CT molecular complexity index is 760. The molecule has 0 radical (unpaired) electrons. The van der Waals surface area contributed by atoms with E-state index in [9.17, 15) is 18.3 Å². The average Bonchev–Trinajstić information content (AvgIpc) is 2.98. The Labute approximate surface area is 134 Å². The van der Waals surface area contributed by atoms with Crippen LogP contribution in [0.5, 0.6) is 5.75 Å². The number of hydrogen-bond donors (Lipinski definition) is 2. The molecule has 0 bridgehead atoms. The third kappa shape index (κ3) is 3.05. The second kappa shape index (κ2) is 5.66. The van der Waals surface area contributed by atoms with Crippen molar-refractivity contribution in [3.63, 3.8) is 0 Å². The van der Waals surface area contributed by atoms with Crippen LogP contribution in [0.3, 0.4) is 0 Å². The fraction of sp³-hybridized carbons (Fsp3) is 0.133. The fourth-order valence-electron chi connectivity index (χ4n) is 2.26. The van der Waals surface area contributed by atoms with Crippen molar-refractivity contribution in [1.82, 2.24) is 5.43 Å². The highest BCUT2D eigenvalue weighted by Crippen LogP contribution is 2.33. The van der Waals surface area contributed by atoms with E-state index in [1.54, 1.807) is 17.0 Å². The van der Waals surface area contributed by atoms with Crippen molar-refractivity contribution in [1.29, 1.82) is 0 Å². The van der Waals surface area contributed by atoms with Crippen LogP contribution in [0.25, 0.3) is 0 Å². The molecule has 2 aromatic carbocycles. The van der Waals surface area contributed by atoms with Crippen molar-refractivity contribution in [2.24, 2.45) is 5.10 Å². The lowest BCUT2D eigenvalue weighted by Crippen LogP contribution is -2.29. The second-order valence-electron chi connectivity index (χ2n) is 4.89. The van der Waals surface area contributed by atoms with Crippen molar-refractivity contribution in [3.05, 3.63) is 58.6 Å². The van der Waals surface area contributed by atoms with Gasteiger partial charge in [-0.1, -0.05) is 23.7 Å². The number of nitrogens with one attached hydrogen (secondary N) is 1. The second-order valence-corrected chi connectivity index (χ2v) is 5.32. The number of amidine groups is 1. The van der Waals surface area contributed by atoms with Gasteiger partial charge >= 0.3 is 6.18 Å². The number of hydrazone groups is 1. The van der Waals surface area contributed by atoms with Crippen molar-refractivity contribution in [2.45, 2.75) is 6.18 Å². The standard InChI is InChI=1S/C15H11ClF3N3O/c16-11-5-6-13(23)12(7-11)22-8-20-21-14(22)9-1-3-10(4-2-9)15(17,18)19/h1-7,20,23H,8H2. The van der Waals surface area contributed by atoms with Crippen LogP contribution < -0.4 is 10.3 Å². The number of alkyl halides is 3. The van der Waals surface area contributed by atoms with Gasteiger partial charge in [-0.15, -0.1) is 0 Å². The molecule has 0 aliphatic carbocycles. The van der Waals surface area contributed by atoms with Gasteiger partial charge in [0, 0.05) is 10.6 Å². The lowest BCUT2D eigenvalue weighted by Gasteiger charge is -2.20. The van der Waals surface area contributed by atoms with Gasteiger partial charge in [-0.2, -0.15) is 18.3 Å². The number of nitrogens with zero attached hydrogens (tertiary/aromatic N) is 2. The van der Waals surface area contributed by atoms with Crippen LogP contribution in [0.1, 0.15) is 11.1 Å². The normalized spacial score (nSPS) is 14.6. The lowest BCUT2D eigenvalue weighted by atomic mass is 10.1. The van der Waals surface area contributed by atoms with E-state index in [0.29, 0.717) is 22.1 Å². The molecule has 2 aromatic rings. The van der Waals surface area contributed by atoms with E-state index >= 15 is 0 Å². The molecule has 0 saturated carbocycles. The lowest BCUT2D eigenvalue weighted by molar-refractivity contribution is -0.137. The molecule has 120 valence electrons. The smallest absolute Gasteiger partial charge is 0.416 e. The Kier molecular flexibility index (Phi) is 3.81. The topological polar surface area (TPSA) is 47.9 Å². The van der Waals surface area contributed by atoms with E-state index in [0.717, 1.165) is 12.1 Å². The molecule has 0 saturated heterocycles. The molecule has 3 rings (SSSR count). The van der Waals surface area contributed by atoms with Crippen LogP contribution in [-0.2, 0) is 6.18 Å². The Morgan fingerprint density at radius 3 is 2.48 bits per heavy atom. The first kappa shape index (κ1) is 15.5. The summed E-state index contributed by atoms with van der Waals surface area (Å²) in [5, 5.41) is 14.5. The summed E-state index contributed by atoms with van der Waals surface area (Å²) in [5.41, 5.74) is 2.92. The molecule has 2 N–H and O–H groups in total. The number of rotatable bonds is 2. The predicted octanol–water partition coefficient (Wildman–Crippen LogP) is 3.79. The number of phenolic OH excluding ortho intramolecular Hbond substituents is 1. The maximum Gasteiger partial charge on any atom is 0.416 e. The molecule has 0 atom stereocenters. The van der Waals surface area contributed by atoms with Crippen LogP contribution in [0, 0.1) is 0 Å². The van der Waals surface area contributed by atoms with Gasteiger partial charge in [0.25, 0.3) is 0 Å². The van der Waals surface area contributed by atoms with Crippen molar-refractivity contribution >= 4 is 23.1 Å². The van der Waals surface area contributed by atoms with E-state index in [1.807, 2.05) is 0 Å². The van der Waals surface area contributed by atoms with Gasteiger partial charge in [-0.25, -0.2) is 0 Å². The quantitative estimate of drug-likeness (QED) is 0.873. The first-order chi connectivity index (χ1) is 10.9. The molecule has 1 aliphatic heterocycles. The van der Waals surface area contributed by atoms with Crippen molar-refractivity contribution < 1.29 is 18.3 Å². The van der Waals surface area contributed by atoms with Crippen molar-refractivity contribution in [2.75, 3.05) is 11.6 Å². The summed E-state index contributed by atoms with van der Waals surface area (Å²) < 4.78 is 37.9. The Balaban J connectivity index is 1.94. The summed E-state index contributed by atoms with van der Waals surface area (Å²) in [6.07, 6.45) is -4.39. The number of aromatic hydroxyl groups is 1. The molecule has 4 nitrogen and oxygen atoms in total. The van der Waals surface area contributed by atoms with Gasteiger partial charge in [-0.3, -0.25) is 5.43 Å². The molecule has 8 heteroatoms. The molecule has 0 fully saturated rings. The van der Waals surface area contributed by atoms with Crippen LogP contribution in [0.2, 0.25) is 5.02 Å². The van der Waals surface area contributed by atoms with Gasteiger partial charge in [-0.05, 0) is 30.3 Å². The van der Waals surface area contributed by atoms with Gasteiger partial charge in [0.2, 0.25) is 0 Å². The van der Waals surface area contributed by atoms with Crippen LogP contribution in [0.15, 0.2) is 47.6 Å². The molecule has 0 unspecified atom stereocenters. The van der Waals surface area contributed by atoms with Crippen LogP contribution in [0.4, 0.5) is 18.9 Å². The molecule has 1 aliphatic rings. The highest BCUT2D eigenvalue weighted by molar-refractivity contribution is 6.31. The highest BCUT2D eigenvalue weighted by atomic mass is 35.5. The number of phenols is 1. The molecule has 0 spiro atoms. The molecule has 23 heavy (non-hydrogen) atoms. The zero-order valence-electron chi connectivity index (χ0n) is 11.6. The molecular formula is C15H11ClF3N3O. The van der Waals surface area contributed by atoms with Crippen LogP contribution >= 0.6 is 11.6 Å². The van der Waals surface area contributed by atoms with Gasteiger partial charge in [0.15, 0.2) is 5.84 Å². The first-order valence-corrected chi connectivity index (χ1v) is 6.98. The molecule has 1 heterocycles. The third-order valence-corrected chi connectivity index (χ3v) is 3.60. The SMILES string of the molecule is Oc1ccc(Cl)cc1N1CNN=C1c1ccc(C(F)(F)F)cc1. The number of hydrogen-bond acceptors (Lipinski definition) is 4. The predicted molar refractivity (Wildman–Crippen MR) is 81.6 cm³/mol. The zero-order valence-corrected chi connectivity index (χ0v) is 12.4. The minimum atomic E-state index is -4.39. The van der Waals surface area contributed by atoms with Gasteiger partial charge in [0.05, 0.1) is 11.3 Å². The fourth-order valence-corrected chi connectivity index (χ4v) is 2.42. The van der Waals surface area contributed by atoms with E-state index in [1.165, 1.54) is 18.2 Å². The summed E-state index contributed by atoms with van der Waals surface area (Å²) in [5.74, 6) is 0.397. The number of halogens is 4. The summed E-state index contributed by atoms with van der Waals surface area (Å²) in [4.78, 5) is 1.63. The summed E-state index contributed by atoms with van der Waals surface area (Å²) in [6, 6.07) is 9.20. The molecule has 0 amide bonds. The Morgan fingerprint density at radius 2 is 1.83 bits per heavy atom. The number of benzene rings is 2. The summed E-state index contributed by atoms with van der Waals surface area (Å²) in [6.45, 7) is 0.268. The maximum atomic E-state index is 12.6. The molecular weight excluding hydrogens is 331 g/mol.